The van der Waals surface area contributed by atoms with Crippen LogP contribution in [0.25, 0.3) is 0 Å². The molecule has 3 heteroatoms. The van der Waals surface area contributed by atoms with Gasteiger partial charge in [-0.3, -0.25) is 0 Å². The van der Waals surface area contributed by atoms with Gasteiger partial charge in [-0.1, -0.05) is 5.21 Å². The second kappa shape index (κ2) is 2.08. The van der Waals surface area contributed by atoms with Gasteiger partial charge in [-0.2, -0.15) is 0 Å². The summed E-state index contributed by atoms with van der Waals surface area (Å²) in [7, 11) is 0. The van der Waals surface area contributed by atoms with Crippen LogP contribution in [0.4, 0.5) is 0 Å². The molecule has 54 valence electrons. The van der Waals surface area contributed by atoms with Crippen LogP contribution < -0.4 is 0 Å². The molecule has 0 amide bonds. The lowest BCUT2D eigenvalue weighted by atomic mass is 10.1. The van der Waals surface area contributed by atoms with E-state index in [1.807, 2.05) is 11.6 Å². The zero-order valence-corrected chi connectivity index (χ0v) is 6.17. The third-order valence-corrected chi connectivity index (χ3v) is 2.07. The fourth-order valence-corrected chi connectivity index (χ4v) is 1.46. The number of rotatable bonds is 0. The lowest BCUT2D eigenvalue weighted by molar-refractivity contribution is 0.476. The molecule has 2 heterocycles. The summed E-state index contributed by atoms with van der Waals surface area (Å²) in [6.45, 7) is 3.10. The third-order valence-electron chi connectivity index (χ3n) is 2.07. The largest absolute Gasteiger partial charge is 0.249 e. The lowest BCUT2D eigenvalue weighted by Crippen LogP contribution is -2.11. The second-order valence-electron chi connectivity index (χ2n) is 2.80. The summed E-state index contributed by atoms with van der Waals surface area (Å²) in [5.41, 5.74) is 2.45. The van der Waals surface area contributed by atoms with Crippen LogP contribution in [0, 0.1) is 6.92 Å². The summed E-state index contributed by atoms with van der Waals surface area (Å²) in [4.78, 5) is 0. The number of aromatic nitrogens is 3. The zero-order valence-electron chi connectivity index (χ0n) is 6.17. The second-order valence-corrected chi connectivity index (χ2v) is 2.80. The molecule has 0 aromatic carbocycles. The molecular weight excluding hydrogens is 126 g/mol. The van der Waals surface area contributed by atoms with Gasteiger partial charge in [-0.05, 0) is 26.2 Å². The fraction of sp³-hybridized carbons (Fsp3) is 0.714. The Balaban J connectivity index is 2.45. The zero-order chi connectivity index (χ0) is 6.97. The highest BCUT2D eigenvalue weighted by Gasteiger charge is 2.12. The fourth-order valence-electron chi connectivity index (χ4n) is 1.46. The van der Waals surface area contributed by atoms with Gasteiger partial charge in [0.1, 0.15) is 0 Å². The number of hydrogen-bond acceptors (Lipinski definition) is 2. The molecule has 1 aliphatic rings. The maximum Gasteiger partial charge on any atom is 0.0828 e. The van der Waals surface area contributed by atoms with Crippen molar-refractivity contribution in [2.24, 2.45) is 0 Å². The van der Waals surface area contributed by atoms with Crippen molar-refractivity contribution in [2.75, 3.05) is 0 Å². The van der Waals surface area contributed by atoms with Crippen molar-refractivity contribution in [2.45, 2.75) is 32.7 Å². The summed E-state index contributed by atoms with van der Waals surface area (Å²) in [6.07, 6.45) is 3.73. The molecule has 0 saturated heterocycles. The molecule has 0 N–H and O–H groups in total. The first-order chi connectivity index (χ1) is 4.88. The topological polar surface area (TPSA) is 30.7 Å². The van der Waals surface area contributed by atoms with Gasteiger partial charge in [-0.25, -0.2) is 4.68 Å². The number of aryl methyl sites for hydroxylation is 2. The molecule has 0 saturated carbocycles. The van der Waals surface area contributed by atoms with E-state index in [1.54, 1.807) is 0 Å². The SMILES string of the molecule is Cc1nnn2c1CCCC2. The number of fused-ring (bicyclic) bond motifs is 1. The predicted molar refractivity (Wildman–Crippen MR) is 37.7 cm³/mol. The molecule has 0 aliphatic carbocycles. The van der Waals surface area contributed by atoms with Gasteiger partial charge in [0.15, 0.2) is 0 Å². The smallest absolute Gasteiger partial charge is 0.0828 e. The average Bonchev–Trinajstić information content (AvgIpc) is 2.34. The van der Waals surface area contributed by atoms with Crippen molar-refractivity contribution < 1.29 is 0 Å². The Hall–Kier alpha value is -0.860. The van der Waals surface area contributed by atoms with Gasteiger partial charge >= 0.3 is 0 Å². The van der Waals surface area contributed by atoms with Crippen LogP contribution in [0.15, 0.2) is 0 Å². The maximum absolute atomic E-state index is 4.02. The Morgan fingerprint density at radius 3 is 3.10 bits per heavy atom. The third kappa shape index (κ3) is 0.735. The molecule has 0 spiro atoms. The first kappa shape index (κ1) is 5.89. The predicted octanol–water partition coefficient (Wildman–Crippen LogP) is 0.923. The van der Waals surface area contributed by atoms with Crippen LogP contribution in [0.1, 0.15) is 24.2 Å². The molecular formula is C7H11N3. The Kier molecular flexibility index (Phi) is 1.22. The van der Waals surface area contributed by atoms with E-state index in [1.165, 1.54) is 25.0 Å². The standard InChI is InChI=1S/C7H11N3/c1-6-7-4-2-3-5-10(7)9-8-6/h2-5H2,1H3. The van der Waals surface area contributed by atoms with Gasteiger partial charge < -0.3 is 0 Å². The Labute approximate surface area is 60.0 Å². The average molecular weight is 137 g/mol. The highest BCUT2D eigenvalue weighted by Crippen LogP contribution is 2.14. The summed E-state index contributed by atoms with van der Waals surface area (Å²) < 4.78 is 2.03. The molecule has 0 atom stereocenters. The van der Waals surface area contributed by atoms with E-state index in [9.17, 15) is 0 Å². The Morgan fingerprint density at radius 1 is 1.40 bits per heavy atom. The molecule has 1 aromatic rings. The van der Waals surface area contributed by atoms with Crippen LogP contribution in [-0.4, -0.2) is 15.0 Å². The quantitative estimate of drug-likeness (QED) is 0.532. The van der Waals surface area contributed by atoms with Gasteiger partial charge in [0.05, 0.1) is 11.4 Å². The van der Waals surface area contributed by atoms with E-state index in [0.717, 1.165) is 12.2 Å². The minimum atomic E-state index is 1.07. The van der Waals surface area contributed by atoms with E-state index in [4.69, 9.17) is 0 Å². The summed E-state index contributed by atoms with van der Waals surface area (Å²) >= 11 is 0. The van der Waals surface area contributed by atoms with Crippen molar-refractivity contribution in [1.82, 2.24) is 15.0 Å². The van der Waals surface area contributed by atoms with Gasteiger partial charge in [0.25, 0.3) is 0 Å². The van der Waals surface area contributed by atoms with E-state index in [-0.39, 0.29) is 0 Å². The molecule has 2 rings (SSSR count). The van der Waals surface area contributed by atoms with Crippen LogP contribution >= 0.6 is 0 Å². The summed E-state index contributed by atoms with van der Waals surface area (Å²) in [6, 6.07) is 0. The Morgan fingerprint density at radius 2 is 2.30 bits per heavy atom. The maximum atomic E-state index is 4.02. The highest BCUT2D eigenvalue weighted by atomic mass is 15.4. The molecule has 0 fully saturated rings. The van der Waals surface area contributed by atoms with Crippen molar-refractivity contribution in [3.63, 3.8) is 0 Å². The van der Waals surface area contributed by atoms with Crippen molar-refractivity contribution >= 4 is 0 Å². The number of nitrogens with zero attached hydrogens (tertiary/aromatic N) is 3. The molecule has 0 unspecified atom stereocenters. The minimum Gasteiger partial charge on any atom is -0.249 e. The lowest BCUT2D eigenvalue weighted by Gasteiger charge is -2.11. The van der Waals surface area contributed by atoms with E-state index >= 15 is 0 Å². The van der Waals surface area contributed by atoms with Gasteiger partial charge in [-0.15, -0.1) is 5.10 Å². The summed E-state index contributed by atoms with van der Waals surface area (Å²) in [5, 5.41) is 8.03. The molecule has 1 aromatic heterocycles. The van der Waals surface area contributed by atoms with Crippen LogP contribution in [0.5, 0.6) is 0 Å². The van der Waals surface area contributed by atoms with Crippen LogP contribution in [0.2, 0.25) is 0 Å². The molecule has 0 bridgehead atoms. The number of hydrogen-bond donors (Lipinski definition) is 0. The first-order valence-corrected chi connectivity index (χ1v) is 3.77. The van der Waals surface area contributed by atoms with Crippen molar-refractivity contribution in [3.8, 4) is 0 Å². The Bertz CT molecular complexity index is 239. The highest BCUT2D eigenvalue weighted by molar-refractivity contribution is 5.09. The molecule has 0 radical (unpaired) electrons. The van der Waals surface area contributed by atoms with E-state index < -0.39 is 0 Å². The molecule has 1 aliphatic heterocycles. The molecule has 3 nitrogen and oxygen atoms in total. The van der Waals surface area contributed by atoms with Crippen molar-refractivity contribution in [1.29, 1.82) is 0 Å². The normalized spacial score (nSPS) is 16.9. The van der Waals surface area contributed by atoms with Gasteiger partial charge in [0.2, 0.25) is 0 Å². The van der Waals surface area contributed by atoms with Crippen LogP contribution in [-0.2, 0) is 13.0 Å². The monoisotopic (exact) mass is 137 g/mol. The summed E-state index contributed by atoms with van der Waals surface area (Å²) in [5.74, 6) is 0. The van der Waals surface area contributed by atoms with Gasteiger partial charge in [0, 0.05) is 6.54 Å². The van der Waals surface area contributed by atoms with E-state index in [2.05, 4.69) is 10.3 Å². The first-order valence-electron chi connectivity index (χ1n) is 3.77. The molecule has 10 heavy (non-hydrogen) atoms. The van der Waals surface area contributed by atoms with Crippen molar-refractivity contribution in [3.05, 3.63) is 11.4 Å². The van der Waals surface area contributed by atoms with Crippen LogP contribution in [0.3, 0.4) is 0 Å². The minimum absolute atomic E-state index is 1.07. The van der Waals surface area contributed by atoms with E-state index in [0.29, 0.717) is 0 Å².